The third kappa shape index (κ3) is 4.82. The second-order valence-corrected chi connectivity index (χ2v) is 9.49. The van der Waals surface area contributed by atoms with Crippen molar-refractivity contribution in [2.75, 3.05) is 25.2 Å². The van der Waals surface area contributed by atoms with Crippen molar-refractivity contribution in [1.29, 1.82) is 0 Å². The third-order valence-corrected chi connectivity index (χ3v) is 7.20. The first-order valence-electron chi connectivity index (χ1n) is 11.4. The second-order valence-electron chi connectivity index (χ2n) is 8.29. The number of hydrogen-bond donors (Lipinski definition) is 0. The molecule has 0 spiro atoms. The molecule has 3 heterocycles. The van der Waals surface area contributed by atoms with Gasteiger partial charge in [-0.05, 0) is 56.2 Å². The minimum atomic E-state index is -0.235. The average Bonchev–Trinajstić information content (AvgIpc) is 3.64. The second kappa shape index (κ2) is 10.2. The number of nitrogens with zero attached hydrogens (tertiary/aromatic N) is 4. The third-order valence-electron chi connectivity index (χ3n) is 5.98. The maximum atomic E-state index is 13.9. The molecule has 7 nitrogen and oxygen atoms in total. The molecule has 0 N–H and O–H groups in total. The van der Waals surface area contributed by atoms with Crippen LogP contribution in [0, 0.1) is 6.92 Å². The van der Waals surface area contributed by atoms with E-state index in [2.05, 4.69) is 5.10 Å². The minimum absolute atomic E-state index is 0.0458. The summed E-state index contributed by atoms with van der Waals surface area (Å²) in [6, 6.07) is 17.2. The summed E-state index contributed by atoms with van der Waals surface area (Å²) in [4.78, 5) is 20.4. The van der Waals surface area contributed by atoms with E-state index in [9.17, 15) is 4.79 Å². The highest BCUT2D eigenvalue weighted by atomic mass is 35.5. The van der Waals surface area contributed by atoms with E-state index in [-0.39, 0.29) is 17.2 Å². The number of ether oxygens (including phenoxy) is 2. The Morgan fingerprint density at radius 2 is 2.00 bits per heavy atom. The Balaban J connectivity index is 1.50. The topological polar surface area (TPSA) is 69.5 Å². The molecule has 0 saturated carbocycles. The molecule has 4 aromatic rings. The first-order valence-corrected chi connectivity index (χ1v) is 12.6. The monoisotopic (exact) mass is 508 g/mol. The molecule has 180 valence electrons. The fourth-order valence-corrected chi connectivity index (χ4v) is 5.33. The summed E-state index contributed by atoms with van der Waals surface area (Å²) < 4.78 is 12.7. The van der Waals surface area contributed by atoms with E-state index >= 15 is 0 Å². The standard InChI is InChI=1S/C26H25ClN4O3S/c1-17-23(24(27)31(29-17)19-7-4-3-5-8-19)25(32)30(15-21-9-6-14-34-21)26-28-22(16-35-26)18-10-12-20(33-2)13-11-18/h3-5,7-8,10-13,16,21H,6,9,14-15H2,1-2H3. The van der Waals surface area contributed by atoms with Gasteiger partial charge in [0.05, 0.1) is 36.8 Å². The Morgan fingerprint density at radius 3 is 2.69 bits per heavy atom. The summed E-state index contributed by atoms with van der Waals surface area (Å²) in [5, 5.41) is 7.39. The van der Waals surface area contributed by atoms with E-state index in [1.807, 2.05) is 60.0 Å². The van der Waals surface area contributed by atoms with Crippen LogP contribution in [0.2, 0.25) is 5.15 Å². The van der Waals surface area contributed by atoms with E-state index in [1.54, 1.807) is 23.6 Å². The lowest BCUT2D eigenvalue weighted by molar-refractivity contribution is 0.0917. The van der Waals surface area contributed by atoms with Gasteiger partial charge in [-0.15, -0.1) is 11.3 Å². The fraction of sp³-hybridized carbons (Fsp3) is 0.269. The quantitative estimate of drug-likeness (QED) is 0.316. The van der Waals surface area contributed by atoms with Gasteiger partial charge < -0.3 is 9.47 Å². The van der Waals surface area contributed by atoms with Crippen molar-refractivity contribution in [3.8, 4) is 22.7 Å². The molecule has 2 aromatic heterocycles. The molecule has 0 aliphatic carbocycles. The van der Waals surface area contributed by atoms with Gasteiger partial charge in [0.2, 0.25) is 0 Å². The molecule has 2 aromatic carbocycles. The predicted octanol–water partition coefficient (Wildman–Crippen LogP) is 5.79. The Morgan fingerprint density at radius 1 is 1.23 bits per heavy atom. The van der Waals surface area contributed by atoms with Gasteiger partial charge in [-0.3, -0.25) is 9.69 Å². The first kappa shape index (κ1) is 23.5. The molecule has 1 amide bonds. The number of aryl methyl sites for hydroxylation is 1. The van der Waals surface area contributed by atoms with Crippen LogP contribution in [0.15, 0.2) is 60.0 Å². The van der Waals surface area contributed by atoms with Crippen molar-refractivity contribution in [3.05, 3.63) is 76.4 Å². The number of para-hydroxylation sites is 1. The molecule has 1 fully saturated rings. The maximum absolute atomic E-state index is 13.9. The number of benzene rings is 2. The van der Waals surface area contributed by atoms with Crippen LogP contribution in [0.1, 0.15) is 28.9 Å². The van der Waals surface area contributed by atoms with E-state index < -0.39 is 0 Å². The zero-order chi connectivity index (χ0) is 24.4. The van der Waals surface area contributed by atoms with E-state index in [4.69, 9.17) is 26.1 Å². The van der Waals surface area contributed by atoms with Crippen LogP contribution in [0.25, 0.3) is 16.9 Å². The lowest BCUT2D eigenvalue weighted by Crippen LogP contribution is -2.37. The average molecular weight is 509 g/mol. The number of carbonyl (C=O) groups is 1. The highest BCUT2D eigenvalue weighted by Gasteiger charge is 2.31. The van der Waals surface area contributed by atoms with Crippen molar-refractivity contribution >= 4 is 34.0 Å². The molecule has 0 radical (unpaired) electrons. The summed E-state index contributed by atoms with van der Waals surface area (Å²) in [5.41, 5.74) is 3.47. The minimum Gasteiger partial charge on any atom is -0.497 e. The van der Waals surface area contributed by atoms with Crippen LogP contribution >= 0.6 is 22.9 Å². The molecule has 1 saturated heterocycles. The van der Waals surface area contributed by atoms with Gasteiger partial charge in [-0.25, -0.2) is 9.67 Å². The molecule has 35 heavy (non-hydrogen) atoms. The summed E-state index contributed by atoms with van der Waals surface area (Å²) in [5.74, 6) is 0.542. The summed E-state index contributed by atoms with van der Waals surface area (Å²) in [6.07, 6.45) is 1.83. The lowest BCUT2D eigenvalue weighted by Gasteiger charge is -2.23. The number of thiazole rings is 1. The van der Waals surface area contributed by atoms with Crippen molar-refractivity contribution < 1.29 is 14.3 Å². The normalized spacial score (nSPS) is 15.3. The van der Waals surface area contributed by atoms with E-state index in [0.29, 0.717) is 29.5 Å². The van der Waals surface area contributed by atoms with Crippen LogP contribution in [0.3, 0.4) is 0 Å². The molecular formula is C26H25ClN4O3S. The first-order chi connectivity index (χ1) is 17.0. The highest BCUT2D eigenvalue weighted by Crippen LogP contribution is 2.32. The molecule has 1 aliphatic rings. The zero-order valence-corrected chi connectivity index (χ0v) is 21.1. The molecule has 0 bridgehead atoms. The fourth-order valence-electron chi connectivity index (χ4n) is 4.14. The SMILES string of the molecule is COc1ccc(-c2csc(N(CC3CCCO3)C(=O)c3c(C)nn(-c4ccccc4)c3Cl)n2)cc1. The number of halogens is 1. The van der Waals surface area contributed by atoms with Crippen LogP contribution < -0.4 is 9.64 Å². The number of anilines is 1. The number of carbonyl (C=O) groups excluding carboxylic acids is 1. The van der Waals surface area contributed by atoms with E-state index in [0.717, 1.165) is 35.5 Å². The van der Waals surface area contributed by atoms with Gasteiger partial charge in [0.25, 0.3) is 5.91 Å². The van der Waals surface area contributed by atoms with Gasteiger partial charge >= 0.3 is 0 Å². The Kier molecular flexibility index (Phi) is 6.86. The van der Waals surface area contributed by atoms with Gasteiger partial charge in [-0.1, -0.05) is 29.8 Å². The highest BCUT2D eigenvalue weighted by molar-refractivity contribution is 7.14. The van der Waals surface area contributed by atoms with Gasteiger partial charge in [0, 0.05) is 17.6 Å². The van der Waals surface area contributed by atoms with Gasteiger partial charge in [0.1, 0.15) is 16.5 Å². The number of amides is 1. The Hall–Kier alpha value is -3.20. The summed E-state index contributed by atoms with van der Waals surface area (Å²) in [7, 11) is 1.64. The number of aromatic nitrogens is 3. The van der Waals surface area contributed by atoms with Gasteiger partial charge in [0.15, 0.2) is 5.13 Å². The van der Waals surface area contributed by atoms with Crippen LogP contribution in [0.4, 0.5) is 5.13 Å². The zero-order valence-electron chi connectivity index (χ0n) is 19.5. The molecule has 1 aliphatic heterocycles. The smallest absolute Gasteiger partial charge is 0.265 e. The largest absolute Gasteiger partial charge is 0.497 e. The molecule has 1 unspecified atom stereocenters. The lowest BCUT2D eigenvalue weighted by atomic mass is 10.2. The number of hydrogen-bond acceptors (Lipinski definition) is 6. The van der Waals surface area contributed by atoms with Crippen LogP contribution in [-0.4, -0.2) is 47.0 Å². The number of methoxy groups -OCH3 is 1. The van der Waals surface area contributed by atoms with Crippen molar-refractivity contribution in [1.82, 2.24) is 14.8 Å². The van der Waals surface area contributed by atoms with Crippen molar-refractivity contribution in [2.24, 2.45) is 0 Å². The number of rotatable bonds is 7. The van der Waals surface area contributed by atoms with Crippen LogP contribution in [0.5, 0.6) is 5.75 Å². The van der Waals surface area contributed by atoms with Crippen molar-refractivity contribution in [2.45, 2.75) is 25.9 Å². The Labute approximate surface area is 212 Å². The molecular weight excluding hydrogens is 484 g/mol. The van der Waals surface area contributed by atoms with E-state index in [1.165, 1.54) is 11.3 Å². The molecule has 9 heteroatoms. The molecule has 5 rings (SSSR count). The van der Waals surface area contributed by atoms with Gasteiger partial charge in [-0.2, -0.15) is 5.10 Å². The predicted molar refractivity (Wildman–Crippen MR) is 138 cm³/mol. The Bertz CT molecular complexity index is 1310. The summed E-state index contributed by atoms with van der Waals surface area (Å²) >= 11 is 8.15. The summed E-state index contributed by atoms with van der Waals surface area (Å²) in [6.45, 7) is 2.90. The van der Waals surface area contributed by atoms with Crippen molar-refractivity contribution in [3.63, 3.8) is 0 Å². The van der Waals surface area contributed by atoms with Crippen LogP contribution in [-0.2, 0) is 4.74 Å². The molecule has 1 atom stereocenters. The maximum Gasteiger partial charge on any atom is 0.265 e.